The van der Waals surface area contributed by atoms with Crippen LogP contribution in [0.3, 0.4) is 0 Å². The van der Waals surface area contributed by atoms with Crippen LogP contribution in [0, 0.1) is 12.7 Å². The second kappa shape index (κ2) is 7.31. The van der Waals surface area contributed by atoms with E-state index in [-0.39, 0.29) is 11.7 Å². The normalized spacial score (nSPS) is 15.0. The number of aromatic nitrogens is 1. The monoisotopic (exact) mass is 351 g/mol. The third-order valence-corrected chi connectivity index (χ3v) is 5.86. The highest BCUT2D eigenvalue weighted by Gasteiger charge is 2.21. The van der Waals surface area contributed by atoms with Gasteiger partial charge in [-0.1, -0.05) is 11.8 Å². The molecule has 0 spiro atoms. The largest absolute Gasteiger partial charge is 0.368 e. The lowest BCUT2D eigenvalue weighted by atomic mass is 10.2. The van der Waals surface area contributed by atoms with Gasteiger partial charge in [-0.05, 0) is 31.2 Å². The Morgan fingerprint density at radius 3 is 2.57 bits per heavy atom. The first-order valence-electron chi connectivity index (χ1n) is 7.45. The molecule has 0 bridgehead atoms. The predicted molar refractivity (Wildman–Crippen MR) is 92.8 cm³/mol. The molecule has 0 N–H and O–H groups in total. The Morgan fingerprint density at radius 1 is 1.26 bits per heavy atom. The van der Waals surface area contributed by atoms with Crippen molar-refractivity contribution in [3.8, 4) is 0 Å². The van der Waals surface area contributed by atoms with Crippen LogP contribution in [0.25, 0.3) is 0 Å². The number of thioether (sulfide) groups is 1. The Kier molecular flexibility index (Phi) is 5.17. The molecule has 3 rings (SSSR count). The zero-order valence-corrected chi connectivity index (χ0v) is 14.5. The van der Waals surface area contributed by atoms with Gasteiger partial charge in [0.05, 0.1) is 5.75 Å². The van der Waals surface area contributed by atoms with Crippen molar-refractivity contribution < 1.29 is 9.18 Å². The quantitative estimate of drug-likeness (QED) is 0.794. The van der Waals surface area contributed by atoms with Gasteiger partial charge in [-0.3, -0.25) is 4.79 Å². The maximum atomic E-state index is 13.0. The van der Waals surface area contributed by atoms with Gasteiger partial charge < -0.3 is 9.80 Å². The van der Waals surface area contributed by atoms with Crippen molar-refractivity contribution in [2.24, 2.45) is 0 Å². The average molecular weight is 351 g/mol. The molecule has 0 atom stereocenters. The molecule has 0 unspecified atom stereocenters. The molecule has 0 radical (unpaired) electrons. The van der Waals surface area contributed by atoms with E-state index in [1.807, 2.05) is 17.2 Å². The molecular formula is C16H18FN3OS2. The second-order valence-electron chi connectivity index (χ2n) is 5.39. The SMILES string of the molecule is Cc1csc(SCC(=O)N2CCN(c3ccc(F)cc3)CC2)n1. The zero-order chi connectivity index (χ0) is 16.2. The predicted octanol–water partition coefficient (Wildman–Crippen LogP) is 3.03. The highest BCUT2D eigenvalue weighted by Crippen LogP contribution is 2.23. The summed E-state index contributed by atoms with van der Waals surface area (Å²) < 4.78 is 13.9. The van der Waals surface area contributed by atoms with E-state index < -0.39 is 0 Å². The summed E-state index contributed by atoms with van der Waals surface area (Å²) in [6.07, 6.45) is 0. The van der Waals surface area contributed by atoms with Gasteiger partial charge in [0.1, 0.15) is 5.82 Å². The fraction of sp³-hybridized carbons (Fsp3) is 0.375. The lowest BCUT2D eigenvalue weighted by Gasteiger charge is -2.36. The maximum Gasteiger partial charge on any atom is 0.233 e. The molecule has 0 aliphatic carbocycles. The van der Waals surface area contributed by atoms with Gasteiger partial charge in [-0.2, -0.15) is 0 Å². The van der Waals surface area contributed by atoms with Crippen LogP contribution in [-0.4, -0.2) is 47.7 Å². The van der Waals surface area contributed by atoms with Crippen molar-refractivity contribution in [2.75, 3.05) is 36.8 Å². The number of halogens is 1. The number of aryl methyl sites for hydroxylation is 1. The molecule has 1 saturated heterocycles. The van der Waals surface area contributed by atoms with E-state index >= 15 is 0 Å². The summed E-state index contributed by atoms with van der Waals surface area (Å²) in [7, 11) is 0. The van der Waals surface area contributed by atoms with E-state index in [1.54, 1.807) is 23.5 Å². The minimum absolute atomic E-state index is 0.154. The number of amides is 1. The average Bonchev–Trinajstić information content (AvgIpc) is 2.99. The van der Waals surface area contributed by atoms with Gasteiger partial charge in [0.25, 0.3) is 0 Å². The summed E-state index contributed by atoms with van der Waals surface area (Å²) in [5.74, 6) is 0.363. The minimum atomic E-state index is -0.225. The molecule has 7 heteroatoms. The molecule has 1 aliphatic rings. The Morgan fingerprint density at radius 2 is 1.96 bits per heavy atom. The molecule has 122 valence electrons. The fourth-order valence-electron chi connectivity index (χ4n) is 2.48. The first-order valence-corrected chi connectivity index (χ1v) is 9.31. The van der Waals surface area contributed by atoms with E-state index in [4.69, 9.17) is 0 Å². The first-order chi connectivity index (χ1) is 11.1. The van der Waals surface area contributed by atoms with Crippen molar-refractivity contribution in [2.45, 2.75) is 11.3 Å². The summed E-state index contributed by atoms with van der Waals surface area (Å²) in [5, 5.41) is 1.99. The topological polar surface area (TPSA) is 36.4 Å². The Hall–Kier alpha value is -1.60. The molecule has 0 saturated carbocycles. The molecule has 23 heavy (non-hydrogen) atoms. The van der Waals surface area contributed by atoms with Crippen LogP contribution in [0.4, 0.5) is 10.1 Å². The van der Waals surface area contributed by atoms with Crippen LogP contribution >= 0.6 is 23.1 Å². The summed E-state index contributed by atoms with van der Waals surface area (Å²) in [5.41, 5.74) is 2.00. The number of hydrogen-bond acceptors (Lipinski definition) is 5. The van der Waals surface area contributed by atoms with Crippen molar-refractivity contribution in [3.63, 3.8) is 0 Å². The molecule has 1 aromatic heterocycles. The standard InChI is InChI=1S/C16H18FN3OS2/c1-12-10-22-16(18-12)23-11-15(21)20-8-6-19(7-9-20)14-4-2-13(17)3-5-14/h2-5,10H,6-9,11H2,1H3. The fourth-order valence-corrected chi connectivity index (χ4v) is 4.23. The van der Waals surface area contributed by atoms with Crippen LogP contribution in [0.5, 0.6) is 0 Å². The van der Waals surface area contributed by atoms with Gasteiger partial charge in [-0.25, -0.2) is 9.37 Å². The second-order valence-corrected chi connectivity index (χ2v) is 7.47. The summed E-state index contributed by atoms with van der Waals surface area (Å²) in [6, 6.07) is 6.51. The van der Waals surface area contributed by atoms with E-state index in [1.165, 1.54) is 23.9 Å². The summed E-state index contributed by atoms with van der Waals surface area (Å²) in [4.78, 5) is 20.7. The van der Waals surface area contributed by atoms with Gasteiger partial charge in [0.15, 0.2) is 4.34 Å². The molecule has 1 fully saturated rings. The molecule has 2 heterocycles. The highest BCUT2D eigenvalue weighted by atomic mass is 32.2. The number of rotatable bonds is 4. The van der Waals surface area contributed by atoms with Crippen molar-refractivity contribution in [3.05, 3.63) is 41.2 Å². The van der Waals surface area contributed by atoms with Crippen LogP contribution in [0.1, 0.15) is 5.69 Å². The first kappa shape index (κ1) is 16.3. The Labute approximate surface area is 143 Å². The highest BCUT2D eigenvalue weighted by molar-refractivity contribution is 8.01. The number of thiazole rings is 1. The van der Waals surface area contributed by atoms with E-state index in [0.29, 0.717) is 18.8 Å². The van der Waals surface area contributed by atoms with Crippen LogP contribution in [0.2, 0.25) is 0 Å². The number of carbonyl (C=O) groups is 1. The number of anilines is 1. The molecule has 1 aromatic carbocycles. The van der Waals surface area contributed by atoms with E-state index in [2.05, 4.69) is 9.88 Å². The Balaban J connectivity index is 1.48. The van der Waals surface area contributed by atoms with E-state index in [9.17, 15) is 9.18 Å². The number of hydrogen-bond donors (Lipinski definition) is 0. The van der Waals surface area contributed by atoms with Crippen LogP contribution < -0.4 is 4.90 Å². The van der Waals surface area contributed by atoms with Gasteiger partial charge >= 0.3 is 0 Å². The number of carbonyl (C=O) groups excluding carboxylic acids is 1. The summed E-state index contributed by atoms with van der Waals surface area (Å²) in [6.45, 7) is 4.91. The third kappa shape index (κ3) is 4.23. The molecular weight excluding hydrogens is 333 g/mol. The smallest absolute Gasteiger partial charge is 0.233 e. The number of nitrogens with zero attached hydrogens (tertiary/aromatic N) is 3. The number of benzene rings is 1. The van der Waals surface area contributed by atoms with E-state index in [0.717, 1.165) is 28.8 Å². The van der Waals surface area contributed by atoms with Crippen molar-refractivity contribution in [1.82, 2.24) is 9.88 Å². The third-order valence-electron chi connectivity index (χ3n) is 3.74. The molecule has 1 aliphatic heterocycles. The lowest BCUT2D eigenvalue weighted by molar-refractivity contribution is -0.128. The zero-order valence-electron chi connectivity index (χ0n) is 12.9. The van der Waals surface area contributed by atoms with Gasteiger partial charge in [0, 0.05) is 42.9 Å². The van der Waals surface area contributed by atoms with Gasteiger partial charge in [-0.15, -0.1) is 11.3 Å². The van der Waals surface area contributed by atoms with Crippen molar-refractivity contribution >= 4 is 34.7 Å². The van der Waals surface area contributed by atoms with Crippen molar-refractivity contribution in [1.29, 1.82) is 0 Å². The number of piperazine rings is 1. The molecule has 1 amide bonds. The van der Waals surface area contributed by atoms with Crippen LogP contribution in [-0.2, 0) is 4.79 Å². The minimum Gasteiger partial charge on any atom is -0.368 e. The van der Waals surface area contributed by atoms with Crippen LogP contribution in [0.15, 0.2) is 34.0 Å². The maximum absolute atomic E-state index is 13.0. The summed E-state index contributed by atoms with van der Waals surface area (Å²) >= 11 is 3.08. The lowest BCUT2D eigenvalue weighted by Crippen LogP contribution is -2.49. The molecule has 4 nitrogen and oxygen atoms in total. The molecule has 2 aromatic rings. The van der Waals surface area contributed by atoms with Gasteiger partial charge in [0.2, 0.25) is 5.91 Å². The Bertz CT molecular complexity index is 666.